The molecule has 103 heavy (non-hydrogen) atoms. The van der Waals surface area contributed by atoms with E-state index in [2.05, 4.69) is 23.3 Å². The standard InChI is InChI=1S/C25H41N3O7S.C16H18N2O6.C14H20N2O3.C11H21NO4S.C2H7N.O3S/c1-3-27-24(32)19-8-6-18(7-9-19)14-28-23(31)13-22(25(28)33)36-16-20(26)21(30)5-4-10-34-11-12-35-15-17(2)29;19-12-5-6-13(20)17(12)9-10-1-3-11(4-2-10)16(23)24-18-14(21)7-8-15(18)22;1-2-15-14(19)11-5-3-10(4-6-11)9-16-12(17)7-8-13(16)18;1-9(13)7-16-6-5-15-4-2-3-11(14)10(12)8-17;1-2-3;1-4(2)3/h18-20,22H,3-16,26H2,1-2H3,(H,27,32);5-6,10-11H,1-4,7-9H2;7-8,10-11H,2-6,9H2,1H3,(H,15,19);10,17H,2-8,12H2,1H3;2-3H2,1H3;/t18?,19?,20-,22?;;;10-;;/m0..0../s1. The summed E-state index contributed by atoms with van der Waals surface area (Å²) >= 11 is 5.23. The molecule has 4 aliphatic heterocycles. The Morgan fingerprint density at radius 1 is 0.534 bits per heavy atom. The molecule has 7 rings (SSSR count). The number of carbonyl (C=O) groups is 15. The van der Waals surface area contributed by atoms with Gasteiger partial charge >= 0.3 is 16.6 Å². The van der Waals surface area contributed by atoms with Gasteiger partial charge in [0.15, 0.2) is 11.6 Å². The molecule has 0 aromatic carbocycles. The van der Waals surface area contributed by atoms with Crippen LogP contribution in [0.5, 0.6) is 0 Å². The third kappa shape index (κ3) is 37.1. The molecule has 8 N–H and O–H groups in total. The first-order chi connectivity index (χ1) is 49.0. The average Bonchev–Trinajstić information content (AvgIpc) is 1.71. The Bertz CT molecular complexity index is 2950. The smallest absolute Gasteiger partial charge is 0.379 e. The number of hydrogen-bond donors (Lipinski definition) is 6. The molecule has 5 fully saturated rings. The monoisotopic (exact) mass is 1510 g/mol. The van der Waals surface area contributed by atoms with Crippen molar-refractivity contribution < 1.29 is 108 Å². The zero-order valence-electron chi connectivity index (χ0n) is 59.9. The fourth-order valence-corrected chi connectivity index (χ4v) is 12.9. The summed E-state index contributed by atoms with van der Waals surface area (Å²) < 4.78 is 46.0. The molecule has 3 saturated carbocycles. The first kappa shape index (κ1) is 92.3. The SMILES string of the molecule is CC(=O)COCCOCCCC(=O)[C@@H](N)CS.CCN.CCNC(=O)C1CCC(CN2C(=O)C=CC2=O)CC1.CCNC(=O)C1CCC(CN2C(=O)CC(SC[C@H](N)C(=O)CCCOCCOCC(C)=O)C2=O)CC1.O=C(ON1C(=O)CCC1=O)C1CCC(CN2C(=O)C=CC2=O)CC1.O=S(=O)=O. The second-order valence-electron chi connectivity index (χ2n) is 25.4. The fraction of sp³-hybridized carbons (Fsp3) is 0.721. The Morgan fingerprint density at radius 2 is 0.883 bits per heavy atom. The van der Waals surface area contributed by atoms with Gasteiger partial charge in [0.2, 0.25) is 23.6 Å². The second kappa shape index (κ2) is 52.2. The molecule has 3 atom stereocenters. The van der Waals surface area contributed by atoms with Crippen LogP contribution in [0, 0.1) is 35.5 Å². The number of likely N-dealkylation sites (tertiary alicyclic amines) is 1. The molecular formula is C68H107N9O23S3. The molecule has 0 radical (unpaired) electrons. The predicted octanol–water partition coefficient (Wildman–Crippen LogP) is 1.44. The van der Waals surface area contributed by atoms with E-state index >= 15 is 0 Å². The summed E-state index contributed by atoms with van der Waals surface area (Å²) in [5, 5.41) is 5.79. The second-order valence-corrected chi connectivity index (χ2v) is 27.4. The highest BCUT2D eigenvalue weighted by Gasteiger charge is 2.42. The average molecular weight is 1510 g/mol. The maximum Gasteiger partial charge on any atom is 0.425 e. The number of Topliss-reactive ketones (excluding diaryl/α,β-unsaturated/α-hetero) is 4. The molecule has 0 aromatic heterocycles. The number of nitrogens with one attached hydrogen (secondary N) is 2. The van der Waals surface area contributed by atoms with Crippen molar-refractivity contribution in [3.05, 3.63) is 24.3 Å². The minimum absolute atomic E-state index is 0.00339. The van der Waals surface area contributed by atoms with E-state index in [0.29, 0.717) is 134 Å². The number of hydroxylamine groups is 2. The lowest BCUT2D eigenvalue weighted by Crippen LogP contribution is -2.39. The topological polar surface area (TPSA) is 468 Å². The number of carbonyl (C=O) groups excluding carboxylic acids is 15. The Morgan fingerprint density at radius 3 is 1.24 bits per heavy atom. The fourth-order valence-electron chi connectivity index (χ4n) is 11.6. The molecule has 2 saturated heterocycles. The maximum absolute atomic E-state index is 12.8. The van der Waals surface area contributed by atoms with Crippen LogP contribution < -0.4 is 27.8 Å². The van der Waals surface area contributed by atoms with Crippen LogP contribution in [0.4, 0.5) is 0 Å². The van der Waals surface area contributed by atoms with Crippen LogP contribution in [0.1, 0.15) is 157 Å². The van der Waals surface area contributed by atoms with E-state index < -0.39 is 45.7 Å². The van der Waals surface area contributed by atoms with Crippen molar-refractivity contribution in [1.82, 2.24) is 30.4 Å². The van der Waals surface area contributed by atoms with Crippen molar-refractivity contribution in [1.29, 1.82) is 0 Å². The summed E-state index contributed by atoms with van der Waals surface area (Å²) in [6.07, 6.45) is 16.5. The lowest BCUT2D eigenvalue weighted by molar-refractivity contribution is -0.201. The normalized spacial score (nSPS) is 21.9. The van der Waals surface area contributed by atoms with Gasteiger partial charge in [-0.15, -0.1) is 29.5 Å². The number of imide groups is 4. The molecule has 0 spiro atoms. The number of hydrogen-bond acceptors (Lipinski definition) is 28. The number of rotatable bonds is 36. The molecule has 580 valence electrons. The molecule has 0 aromatic rings. The molecule has 1 unspecified atom stereocenters. The van der Waals surface area contributed by atoms with Crippen molar-refractivity contribution in [2.24, 2.45) is 52.7 Å². The van der Waals surface area contributed by atoms with Gasteiger partial charge in [-0.3, -0.25) is 81.8 Å². The summed E-state index contributed by atoms with van der Waals surface area (Å²) in [6.45, 7) is 14.5. The molecule has 7 aliphatic rings. The van der Waals surface area contributed by atoms with E-state index in [1.807, 2.05) is 20.8 Å². The van der Waals surface area contributed by atoms with Gasteiger partial charge in [0, 0.05) is 126 Å². The quantitative estimate of drug-likeness (QED) is 0.0294. The van der Waals surface area contributed by atoms with Gasteiger partial charge in [-0.05, 0) is 142 Å². The summed E-state index contributed by atoms with van der Waals surface area (Å²) in [4.78, 5) is 184. The lowest BCUT2D eigenvalue weighted by atomic mass is 9.81. The van der Waals surface area contributed by atoms with E-state index in [9.17, 15) is 71.9 Å². The minimum atomic E-state index is -3.11. The van der Waals surface area contributed by atoms with Gasteiger partial charge in [-0.25, -0.2) is 4.79 Å². The van der Waals surface area contributed by atoms with Gasteiger partial charge in [0.25, 0.3) is 35.4 Å². The van der Waals surface area contributed by atoms with Crippen LogP contribution >= 0.6 is 24.4 Å². The minimum Gasteiger partial charge on any atom is -0.379 e. The number of thiol groups is 1. The molecular weight excluding hydrogens is 1410 g/mol. The summed E-state index contributed by atoms with van der Waals surface area (Å²) in [6, 6.07) is -1.17. The third-order valence-electron chi connectivity index (χ3n) is 17.1. The number of ketones is 4. The van der Waals surface area contributed by atoms with Crippen molar-refractivity contribution in [2.75, 3.05) is 104 Å². The number of nitrogens with zero attached hydrogens (tertiary/aromatic N) is 4. The van der Waals surface area contributed by atoms with Crippen molar-refractivity contribution in [2.45, 2.75) is 174 Å². The van der Waals surface area contributed by atoms with Gasteiger partial charge in [-0.1, -0.05) is 6.92 Å². The van der Waals surface area contributed by atoms with Crippen LogP contribution in [0.25, 0.3) is 0 Å². The highest BCUT2D eigenvalue weighted by Crippen LogP contribution is 2.35. The molecule has 10 amide bonds. The molecule has 0 bridgehead atoms. The Labute approximate surface area is 613 Å². The van der Waals surface area contributed by atoms with E-state index in [-0.39, 0.29) is 145 Å². The third-order valence-corrected chi connectivity index (χ3v) is 18.8. The van der Waals surface area contributed by atoms with Crippen LogP contribution in [0.3, 0.4) is 0 Å². The maximum atomic E-state index is 12.8. The van der Waals surface area contributed by atoms with E-state index in [0.717, 1.165) is 57.9 Å². The van der Waals surface area contributed by atoms with Gasteiger partial charge in [0.05, 0.1) is 49.7 Å². The van der Waals surface area contributed by atoms with Crippen LogP contribution in [0.2, 0.25) is 0 Å². The first-order valence-electron chi connectivity index (χ1n) is 35.1. The Balaban J connectivity index is 0.000000470. The zero-order valence-corrected chi connectivity index (χ0v) is 62.5. The molecule has 3 aliphatic carbocycles. The van der Waals surface area contributed by atoms with Crippen LogP contribution in [-0.2, 0) is 106 Å². The van der Waals surface area contributed by atoms with Crippen LogP contribution in [-0.4, -0.2) is 242 Å². The van der Waals surface area contributed by atoms with Crippen LogP contribution in [0.15, 0.2) is 24.3 Å². The molecule has 32 nitrogen and oxygen atoms in total. The number of thioether (sulfide) groups is 1. The zero-order chi connectivity index (χ0) is 77.0. The molecule has 35 heteroatoms. The lowest BCUT2D eigenvalue weighted by Gasteiger charge is -2.30. The van der Waals surface area contributed by atoms with E-state index in [1.54, 1.807) is 0 Å². The Hall–Kier alpha value is -6.83. The largest absolute Gasteiger partial charge is 0.425 e. The van der Waals surface area contributed by atoms with Crippen molar-refractivity contribution in [3.63, 3.8) is 0 Å². The summed E-state index contributed by atoms with van der Waals surface area (Å²) in [5.41, 5.74) is 16.4. The van der Waals surface area contributed by atoms with E-state index in [4.69, 9.17) is 53.6 Å². The molecule has 4 heterocycles. The van der Waals surface area contributed by atoms with E-state index in [1.165, 1.54) is 64.6 Å². The van der Waals surface area contributed by atoms with Gasteiger partial charge in [-0.2, -0.15) is 12.6 Å². The van der Waals surface area contributed by atoms with Crippen molar-refractivity contribution >= 4 is 123 Å². The predicted molar refractivity (Wildman–Crippen MR) is 378 cm³/mol. The highest BCUT2D eigenvalue weighted by molar-refractivity contribution is 8.00. The van der Waals surface area contributed by atoms with Gasteiger partial charge in [0.1, 0.15) is 24.8 Å². The van der Waals surface area contributed by atoms with Crippen molar-refractivity contribution in [3.8, 4) is 0 Å². The number of amides is 10. The highest BCUT2D eigenvalue weighted by atomic mass is 32.2. The number of nitrogens with two attached hydrogens (primary N) is 3. The number of ether oxygens (including phenoxy) is 4. The van der Waals surface area contributed by atoms with Gasteiger partial charge < -0.3 is 51.6 Å². The summed E-state index contributed by atoms with van der Waals surface area (Å²) in [5.74, 6) is -1.72. The first-order valence-corrected chi connectivity index (χ1v) is 37.8. The summed E-state index contributed by atoms with van der Waals surface area (Å²) in [7, 11) is -3.11. The Kier molecular flexibility index (Phi) is 46.7.